The van der Waals surface area contributed by atoms with Crippen LogP contribution in [0.4, 0.5) is 13.2 Å². The van der Waals surface area contributed by atoms with Crippen molar-refractivity contribution in [1.82, 2.24) is 10.2 Å². The Balaban J connectivity index is 2.07. The lowest BCUT2D eigenvalue weighted by Gasteiger charge is -2.29. The van der Waals surface area contributed by atoms with Crippen molar-refractivity contribution in [3.63, 3.8) is 0 Å². The molecule has 1 aliphatic rings. The summed E-state index contributed by atoms with van der Waals surface area (Å²) in [5.41, 5.74) is 2.21. The highest BCUT2D eigenvalue weighted by Crippen LogP contribution is 2.31. The maximum absolute atomic E-state index is 12.7. The van der Waals surface area contributed by atoms with E-state index in [4.69, 9.17) is 0 Å². The number of hydrogen-bond acceptors (Lipinski definition) is 2. The van der Waals surface area contributed by atoms with Crippen LogP contribution in [0.1, 0.15) is 36.9 Å². The second kappa shape index (κ2) is 6.79. The van der Waals surface area contributed by atoms with E-state index in [1.807, 2.05) is 38.1 Å². The molecule has 1 unspecified atom stereocenters. The molecule has 0 heterocycles. The zero-order chi connectivity index (χ0) is 15.5. The molecule has 1 fully saturated rings. The van der Waals surface area contributed by atoms with Gasteiger partial charge in [0.15, 0.2) is 0 Å². The minimum Gasteiger partial charge on any atom is -0.309 e. The number of nitrogens with one attached hydrogen (secondary N) is 1. The van der Waals surface area contributed by atoms with Crippen LogP contribution < -0.4 is 5.32 Å². The molecule has 1 N–H and O–H groups in total. The highest BCUT2D eigenvalue weighted by atomic mass is 19.4. The van der Waals surface area contributed by atoms with Crippen LogP contribution in [0.25, 0.3) is 0 Å². The van der Waals surface area contributed by atoms with E-state index in [0.717, 1.165) is 30.5 Å². The number of benzene rings is 1. The molecule has 0 radical (unpaired) electrons. The Hall–Kier alpha value is -1.07. The van der Waals surface area contributed by atoms with Crippen molar-refractivity contribution < 1.29 is 13.2 Å². The molecule has 2 rings (SSSR count). The van der Waals surface area contributed by atoms with Gasteiger partial charge in [-0.1, -0.05) is 36.8 Å². The third-order valence-electron chi connectivity index (χ3n) is 3.79. The van der Waals surface area contributed by atoms with E-state index in [1.165, 1.54) is 0 Å². The van der Waals surface area contributed by atoms with E-state index in [1.54, 1.807) is 4.90 Å². The van der Waals surface area contributed by atoms with Crippen LogP contribution in [0.3, 0.4) is 0 Å². The van der Waals surface area contributed by atoms with Gasteiger partial charge in [0.05, 0.1) is 6.54 Å². The van der Waals surface area contributed by atoms with Crippen molar-refractivity contribution in [2.24, 2.45) is 0 Å². The van der Waals surface area contributed by atoms with E-state index in [9.17, 15) is 13.2 Å². The molecule has 118 valence electrons. The lowest BCUT2D eigenvalue weighted by atomic mass is 10.0. The summed E-state index contributed by atoms with van der Waals surface area (Å²) in [6.07, 6.45) is -2.38. The largest absolute Gasteiger partial charge is 0.401 e. The first-order chi connectivity index (χ1) is 9.89. The molecule has 1 atom stereocenters. The first-order valence-electron chi connectivity index (χ1n) is 7.50. The maximum atomic E-state index is 12.7. The van der Waals surface area contributed by atoms with Gasteiger partial charge in [-0.15, -0.1) is 0 Å². The maximum Gasteiger partial charge on any atom is 0.401 e. The summed E-state index contributed by atoms with van der Waals surface area (Å²) in [5, 5.41) is 3.31. The summed E-state index contributed by atoms with van der Waals surface area (Å²) in [6.45, 7) is 4.31. The summed E-state index contributed by atoms with van der Waals surface area (Å²) in [4.78, 5) is 1.58. The van der Waals surface area contributed by atoms with Crippen LogP contribution in [0.15, 0.2) is 24.3 Å². The summed E-state index contributed by atoms with van der Waals surface area (Å²) in [6, 6.07) is 8.05. The smallest absolute Gasteiger partial charge is 0.309 e. The van der Waals surface area contributed by atoms with Gasteiger partial charge < -0.3 is 5.32 Å². The standard InChI is InChI=1S/C16H23F3N2/c1-3-20-15(13-6-4-12(2)5-7-13)10-21(14-8-9-14)11-16(17,18)19/h4-7,14-15,20H,3,8-11H2,1-2H3. The fraction of sp³-hybridized carbons (Fsp3) is 0.625. The third-order valence-corrected chi connectivity index (χ3v) is 3.79. The molecule has 1 saturated carbocycles. The molecule has 0 aliphatic heterocycles. The Morgan fingerprint density at radius 3 is 2.33 bits per heavy atom. The van der Waals surface area contributed by atoms with Crippen LogP contribution in [-0.4, -0.2) is 36.8 Å². The van der Waals surface area contributed by atoms with Gasteiger partial charge in [-0.25, -0.2) is 0 Å². The summed E-state index contributed by atoms with van der Waals surface area (Å²) in [7, 11) is 0. The van der Waals surface area contributed by atoms with Crippen molar-refractivity contribution in [1.29, 1.82) is 0 Å². The molecule has 0 aromatic heterocycles. The van der Waals surface area contributed by atoms with Crippen LogP contribution in [0.5, 0.6) is 0 Å². The average molecular weight is 300 g/mol. The fourth-order valence-electron chi connectivity index (χ4n) is 2.58. The predicted molar refractivity (Wildman–Crippen MR) is 78.2 cm³/mol. The van der Waals surface area contributed by atoms with Crippen LogP contribution in [-0.2, 0) is 0 Å². The molecule has 1 aliphatic carbocycles. The quantitative estimate of drug-likeness (QED) is 0.826. The minimum atomic E-state index is -4.13. The van der Waals surface area contributed by atoms with Crippen LogP contribution in [0.2, 0.25) is 0 Å². The molecule has 5 heteroatoms. The number of aryl methyl sites for hydroxylation is 1. The van der Waals surface area contributed by atoms with Crippen molar-refractivity contribution >= 4 is 0 Å². The highest BCUT2D eigenvalue weighted by molar-refractivity contribution is 5.24. The van der Waals surface area contributed by atoms with Gasteiger partial charge in [-0.05, 0) is 31.9 Å². The zero-order valence-electron chi connectivity index (χ0n) is 12.6. The SMILES string of the molecule is CCNC(CN(CC(F)(F)F)C1CC1)c1ccc(C)cc1. The Bertz CT molecular complexity index is 438. The second-order valence-electron chi connectivity index (χ2n) is 5.80. The molecule has 1 aromatic rings. The van der Waals surface area contributed by atoms with Crippen LogP contribution >= 0.6 is 0 Å². The van der Waals surface area contributed by atoms with Gasteiger partial charge in [0.2, 0.25) is 0 Å². The topological polar surface area (TPSA) is 15.3 Å². The van der Waals surface area contributed by atoms with Crippen molar-refractivity contribution in [2.45, 2.75) is 44.9 Å². The van der Waals surface area contributed by atoms with Crippen molar-refractivity contribution in [3.8, 4) is 0 Å². The zero-order valence-corrected chi connectivity index (χ0v) is 12.6. The van der Waals surface area contributed by atoms with Gasteiger partial charge in [-0.3, -0.25) is 4.90 Å². The molecule has 0 saturated heterocycles. The van der Waals surface area contributed by atoms with Gasteiger partial charge >= 0.3 is 6.18 Å². The molecule has 0 amide bonds. The van der Waals surface area contributed by atoms with Gasteiger partial charge in [0.1, 0.15) is 0 Å². The molecule has 1 aromatic carbocycles. The van der Waals surface area contributed by atoms with Crippen molar-refractivity contribution in [3.05, 3.63) is 35.4 Å². The molecular weight excluding hydrogens is 277 g/mol. The monoisotopic (exact) mass is 300 g/mol. The average Bonchev–Trinajstić information content (AvgIpc) is 3.21. The predicted octanol–water partition coefficient (Wildman–Crippen LogP) is 3.67. The van der Waals surface area contributed by atoms with E-state index >= 15 is 0 Å². The number of hydrogen-bond donors (Lipinski definition) is 1. The molecule has 21 heavy (non-hydrogen) atoms. The van der Waals surface area contributed by atoms with Gasteiger partial charge in [0.25, 0.3) is 0 Å². The fourth-order valence-corrected chi connectivity index (χ4v) is 2.58. The number of alkyl halides is 3. The lowest BCUT2D eigenvalue weighted by Crippen LogP contribution is -2.41. The Kier molecular flexibility index (Phi) is 5.27. The van der Waals surface area contributed by atoms with E-state index < -0.39 is 12.7 Å². The first-order valence-corrected chi connectivity index (χ1v) is 7.50. The highest BCUT2D eigenvalue weighted by Gasteiger charge is 2.38. The van der Waals surface area contributed by atoms with E-state index in [0.29, 0.717) is 6.54 Å². The van der Waals surface area contributed by atoms with E-state index in [-0.39, 0.29) is 12.1 Å². The Morgan fingerprint density at radius 2 is 1.86 bits per heavy atom. The van der Waals surface area contributed by atoms with Crippen LogP contribution in [0, 0.1) is 6.92 Å². The number of halogens is 3. The van der Waals surface area contributed by atoms with Gasteiger partial charge in [0, 0.05) is 18.6 Å². The normalized spacial score (nSPS) is 17.2. The molecular formula is C16H23F3N2. The first kappa shape index (κ1) is 16.3. The number of likely N-dealkylation sites (N-methyl/N-ethyl adjacent to an activating group) is 1. The molecule has 2 nitrogen and oxygen atoms in total. The molecule has 0 bridgehead atoms. The summed E-state index contributed by atoms with van der Waals surface area (Å²) >= 11 is 0. The number of rotatable bonds is 7. The molecule has 0 spiro atoms. The Morgan fingerprint density at radius 1 is 1.24 bits per heavy atom. The van der Waals surface area contributed by atoms with Crippen molar-refractivity contribution in [2.75, 3.05) is 19.6 Å². The lowest BCUT2D eigenvalue weighted by molar-refractivity contribution is -0.147. The summed E-state index contributed by atoms with van der Waals surface area (Å²) in [5.74, 6) is 0. The van der Waals surface area contributed by atoms with Gasteiger partial charge in [-0.2, -0.15) is 13.2 Å². The third kappa shape index (κ3) is 5.32. The van der Waals surface area contributed by atoms with E-state index in [2.05, 4.69) is 5.32 Å². The Labute approximate surface area is 124 Å². The minimum absolute atomic E-state index is 0.0569. The second-order valence-corrected chi connectivity index (χ2v) is 5.80. The summed E-state index contributed by atoms with van der Waals surface area (Å²) < 4.78 is 38.2. The number of nitrogens with zero attached hydrogens (tertiary/aromatic N) is 1.